The maximum Gasteiger partial charge on any atom is 2.00 e. The normalized spacial score (nSPS) is 13.9. The number of para-hydroxylation sites is 4. The van der Waals surface area contributed by atoms with Gasteiger partial charge in [-0.05, 0) is 24.3 Å². The fraction of sp³-hybridized carbons (Fsp3) is 0.286. The van der Waals surface area contributed by atoms with Gasteiger partial charge in [0.25, 0.3) is 0 Å². The maximum atomic E-state index is 10.3. The molecule has 0 bridgehead atoms. The fourth-order valence-electron chi connectivity index (χ4n) is 7.30. The van der Waals surface area contributed by atoms with Crippen LogP contribution in [0.5, 0.6) is 23.0 Å². The van der Waals surface area contributed by atoms with E-state index < -0.39 is 23.9 Å². The maximum absolute atomic E-state index is 10.3. The van der Waals surface area contributed by atoms with Crippen LogP contribution in [-0.2, 0) is 59.7 Å². The van der Waals surface area contributed by atoms with Crippen molar-refractivity contribution in [3.8, 4) is 23.0 Å². The second-order valence-electron chi connectivity index (χ2n) is 16.3. The molecule has 422 valence electrons. The molecule has 0 amide bonds. The molecule has 20 nitrogen and oxygen atoms in total. The molecule has 0 spiro atoms. The topological polar surface area (TPSA) is 333 Å². The molecule has 0 fully saturated rings. The van der Waals surface area contributed by atoms with E-state index in [-0.39, 0.29) is 66.8 Å². The first-order valence-electron chi connectivity index (χ1n) is 24.2. The Morgan fingerprint density at radius 1 is 0.295 bits per heavy atom. The third kappa shape index (κ3) is 25.0. The summed E-state index contributed by atoms with van der Waals surface area (Å²) in [5.74, 6) is -2.39. The van der Waals surface area contributed by atoms with E-state index in [4.69, 9.17) is 18.9 Å². The number of carboxylic acids is 4. The number of benzene rings is 6. The van der Waals surface area contributed by atoms with Gasteiger partial charge in [-0.15, -0.1) is 0 Å². The Balaban J connectivity index is 0.000000539. The van der Waals surface area contributed by atoms with Gasteiger partial charge in [0.15, 0.2) is 0 Å². The number of carboxylic acid groups (broad SMARTS) is 4. The van der Waals surface area contributed by atoms with E-state index >= 15 is 0 Å². The number of hydrogen-bond acceptors (Lipinski definition) is 18. The van der Waals surface area contributed by atoms with Gasteiger partial charge in [0.2, 0.25) is 0 Å². The predicted octanol–water partition coefficient (Wildman–Crippen LogP) is -0.974. The molecular weight excluding hydrogens is 1100 g/mol. The van der Waals surface area contributed by atoms with E-state index in [2.05, 4.69) is 56.2 Å². The van der Waals surface area contributed by atoms with Gasteiger partial charge < -0.3 is 101 Å². The SMILES string of the molecule is O.O.O=C([O-])c1ccccc1C(=O)[O-].O=C([O-])c1ccccc1C(=O)[O-].[Co+2].[Co+2].c1ccc2c(c1)CNCCNCCNCc1ccccc1OCCO2.c1ccc2c(c1)CNCCNCCNCc1ccccc1OCCO2. The molecule has 10 N–H and O–H groups in total. The van der Waals surface area contributed by atoms with Crippen molar-refractivity contribution in [3.05, 3.63) is 190 Å². The van der Waals surface area contributed by atoms with Gasteiger partial charge >= 0.3 is 33.6 Å². The van der Waals surface area contributed by atoms with Gasteiger partial charge in [-0.1, -0.05) is 121 Å². The molecule has 2 heterocycles. The van der Waals surface area contributed by atoms with Crippen LogP contribution in [0.25, 0.3) is 0 Å². The number of aromatic carboxylic acids is 4. The van der Waals surface area contributed by atoms with E-state index in [0.29, 0.717) is 26.4 Å². The van der Waals surface area contributed by atoms with Crippen molar-refractivity contribution in [2.45, 2.75) is 26.2 Å². The minimum absolute atomic E-state index is 0. The summed E-state index contributed by atoms with van der Waals surface area (Å²) in [6.07, 6.45) is 0. The summed E-state index contributed by atoms with van der Waals surface area (Å²) >= 11 is 0. The van der Waals surface area contributed by atoms with Gasteiger partial charge in [-0.3, -0.25) is 0 Å². The Labute approximate surface area is 474 Å². The van der Waals surface area contributed by atoms with Gasteiger partial charge in [-0.25, -0.2) is 0 Å². The molecule has 0 aromatic heterocycles. The number of ether oxygens (including phenoxy) is 4. The zero-order chi connectivity index (χ0) is 52.6. The fourth-order valence-corrected chi connectivity index (χ4v) is 7.30. The summed E-state index contributed by atoms with van der Waals surface area (Å²) in [6.45, 7) is 12.9. The molecule has 6 aromatic rings. The van der Waals surface area contributed by atoms with E-state index in [0.717, 1.165) is 126 Å². The second kappa shape index (κ2) is 40.3. The number of carbonyl (C=O) groups is 4. The Kier molecular flexibility index (Phi) is 35.7. The monoisotopic (exact) mass is 1160 g/mol. The average Bonchev–Trinajstić information content (AvgIpc) is 3.42. The van der Waals surface area contributed by atoms with E-state index in [9.17, 15) is 39.6 Å². The zero-order valence-electron chi connectivity index (χ0n) is 42.7. The van der Waals surface area contributed by atoms with Gasteiger partial charge in [0.1, 0.15) is 49.4 Å². The summed E-state index contributed by atoms with van der Waals surface area (Å²) in [6, 6.07) is 42.9. The first-order chi connectivity index (χ1) is 36.1. The summed E-state index contributed by atoms with van der Waals surface area (Å²) in [5.41, 5.74) is 3.25. The number of carbonyl (C=O) groups excluding carboxylic acids is 4. The Bertz CT molecular complexity index is 2330. The van der Waals surface area contributed by atoms with Gasteiger partial charge in [-0.2, -0.15) is 0 Å². The summed E-state index contributed by atoms with van der Waals surface area (Å²) in [7, 11) is 0. The molecule has 0 saturated carbocycles. The second-order valence-corrected chi connectivity index (χ2v) is 16.3. The van der Waals surface area contributed by atoms with Crippen LogP contribution >= 0.6 is 0 Å². The molecule has 0 unspecified atom stereocenters. The molecule has 6 aromatic carbocycles. The quantitative estimate of drug-likeness (QED) is 0.124. The smallest absolute Gasteiger partial charge is 0.545 e. The van der Waals surface area contributed by atoms with Crippen molar-refractivity contribution in [2.24, 2.45) is 0 Å². The largest absolute Gasteiger partial charge is 2.00 e. The van der Waals surface area contributed by atoms with Crippen LogP contribution in [0.15, 0.2) is 146 Å². The molecule has 0 aliphatic carbocycles. The number of nitrogens with one attached hydrogen (secondary N) is 6. The Hall–Kier alpha value is -6.91. The third-order valence-electron chi connectivity index (χ3n) is 11.0. The number of hydrogen-bond donors (Lipinski definition) is 6. The Morgan fingerprint density at radius 3 is 0.679 bits per heavy atom. The molecule has 2 radical (unpaired) electrons. The third-order valence-corrected chi connectivity index (χ3v) is 11.0. The minimum atomic E-state index is -1.52. The van der Waals surface area contributed by atoms with Gasteiger partial charge in [0.05, 0.1) is 23.9 Å². The van der Waals surface area contributed by atoms with E-state index in [1.54, 1.807) is 0 Å². The summed E-state index contributed by atoms with van der Waals surface area (Å²) in [5, 5.41) is 62.0. The first kappa shape index (κ1) is 69.1. The van der Waals surface area contributed by atoms with Crippen LogP contribution in [0.4, 0.5) is 0 Å². The minimum Gasteiger partial charge on any atom is -0.545 e. The molecule has 8 rings (SSSR count). The van der Waals surface area contributed by atoms with Crippen LogP contribution in [0.1, 0.15) is 63.7 Å². The molecule has 78 heavy (non-hydrogen) atoms. The zero-order valence-corrected chi connectivity index (χ0v) is 44.8. The molecule has 2 aliphatic heterocycles. The Morgan fingerprint density at radius 2 is 0.474 bits per heavy atom. The molecule has 2 aliphatic rings. The molecule has 0 saturated heterocycles. The predicted molar refractivity (Wildman–Crippen MR) is 278 cm³/mol. The van der Waals surface area contributed by atoms with Crippen LogP contribution in [0.2, 0.25) is 0 Å². The van der Waals surface area contributed by atoms with Crippen molar-refractivity contribution >= 4 is 23.9 Å². The van der Waals surface area contributed by atoms with Crippen LogP contribution in [0, 0.1) is 0 Å². The van der Waals surface area contributed by atoms with Crippen LogP contribution < -0.4 is 71.3 Å². The summed E-state index contributed by atoms with van der Waals surface area (Å²) in [4.78, 5) is 41.3. The number of rotatable bonds is 4. The van der Waals surface area contributed by atoms with Crippen molar-refractivity contribution in [1.29, 1.82) is 0 Å². The number of fused-ring (bicyclic) bond motifs is 4. The molecular formula is C56H66Co2N6O14. The van der Waals surface area contributed by atoms with Crippen LogP contribution in [0.3, 0.4) is 0 Å². The molecule has 0 atom stereocenters. The van der Waals surface area contributed by atoms with E-state index in [1.807, 2.05) is 72.8 Å². The van der Waals surface area contributed by atoms with Crippen LogP contribution in [-0.4, -0.2) is 114 Å². The van der Waals surface area contributed by atoms with E-state index in [1.165, 1.54) is 46.5 Å². The van der Waals surface area contributed by atoms with Crippen molar-refractivity contribution in [3.63, 3.8) is 0 Å². The van der Waals surface area contributed by atoms with Crippen molar-refractivity contribution in [2.75, 3.05) is 78.8 Å². The summed E-state index contributed by atoms with van der Waals surface area (Å²) < 4.78 is 23.7. The van der Waals surface area contributed by atoms with Crippen molar-refractivity contribution < 1.29 is 103 Å². The average molecular weight is 1170 g/mol. The molecule has 22 heteroatoms. The first-order valence-corrected chi connectivity index (χ1v) is 24.2. The van der Waals surface area contributed by atoms with Crippen molar-refractivity contribution in [1.82, 2.24) is 31.9 Å². The standard InChI is InChI=1S/2C20H27N3O2.2C8H6O4.2Co.2H2O/c2*1-3-7-19-17(5-1)15-22-11-9-21-10-12-23-16-18-6-2-4-8-20(18)25-14-13-24-19;2*9-7(10)5-3-1-2-4-6(5)8(11)12;;;;/h2*1-8,21-23H,9-16H2;2*1-4H,(H,9,10)(H,11,12);;;2*1H2/q;;;;2*+2;;/p-4. The van der Waals surface area contributed by atoms with Gasteiger partial charge in [0, 0.05) is 123 Å².